The highest BCUT2D eigenvalue weighted by molar-refractivity contribution is 6.62. The van der Waals surface area contributed by atoms with Crippen LogP contribution in [0, 0.1) is 0 Å². The van der Waals surface area contributed by atoms with E-state index in [1.165, 1.54) is 11.1 Å². The van der Waals surface area contributed by atoms with Gasteiger partial charge >= 0.3 is 7.12 Å². The average Bonchev–Trinajstić information content (AvgIpc) is 2.78. The van der Waals surface area contributed by atoms with Gasteiger partial charge in [-0.1, -0.05) is 18.2 Å². The molecular weight excluding hydrogens is 237 g/mol. The van der Waals surface area contributed by atoms with Gasteiger partial charge in [0.05, 0.1) is 17.7 Å². The highest BCUT2D eigenvalue weighted by atomic mass is 16.7. The van der Waals surface area contributed by atoms with Crippen molar-refractivity contribution in [3.05, 3.63) is 29.3 Å². The molecule has 2 aliphatic rings. The Balaban J connectivity index is 1.93. The standard InChI is InChI=1S/C15H20BNO2/c1-10-13-8-12(7-6-11(13)9-17-10)16-18-14(2,3)15(4,5)19-16/h6-8H,9H2,1-5H3. The monoisotopic (exact) mass is 257 g/mol. The van der Waals surface area contributed by atoms with Crippen LogP contribution in [0.3, 0.4) is 0 Å². The maximum atomic E-state index is 6.08. The lowest BCUT2D eigenvalue weighted by Gasteiger charge is -2.32. The van der Waals surface area contributed by atoms with Gasteiger partial charge < -0.3 is 9.31 Å². The molecule has 0 radical (unpaired) electrons. The van der Waals surface area contributed by atoms with Crippen molar-refractivity contribution in [3.63, 3.8) is 0 Å². The summed E-state index contributed by atoms with van der Waals surface area (Å²) in [5, 5.41) is 0. The van der Waals surface area contributed by atoms with Gasteiger partial charge in [0.15, 0.2) is 0 Å². The predicted octanol–water partition coefficient (Wildman–Crippen LogP) is 2.31. The molecule has 0 unspecified atom stereocenters. The van der Waals surface area contributed by atoms with Gasteiger partial charge in [-0.2, -0.15) is 0 Å². The third-order valence-corrected chi connectivity index (χ3v) is 4.54. The fraction of sp³-hybridized carbons (Fsp3) is 0.533. The van der Waals surface area contributed by atoms with Gasteiger partial charge in [-0.3, -0.25) is 4.99 Å². The average molecular weight is 257 g/mol. The largest absolute Gasteiger partial charge is 0.494 e. The van der Waals surface area contributed by atoms with E-state index >= 15 is 0 Å². The SMILES string of the molecule is CC1=NCc2ccc(B3OC(C)(C)C(C)(C)O3)cc21. The molecule has 0 atom stereocenters. The highest BCUT2D eigenvalue weighted by Gasteiger charge is 2.51. The zero-order valence-electron chi connectivity index (χ0n) is 12.3. The molecule has 3 rings (SSSR count). The zero-order valence-corrected chi connectivity index (χ0v) is 12.3. The van der Waals surface area contributed by atoms with Crippen molar-refractivity contribution in [2.75, 3.05) is 0 Å². The zero-order chi connectivity index (χ0) is 13.8. The topological polar surface area (TPSA) is 30.8 Å². The van der Waals surface area contributed by atoms with Gasteiger partial charge in [-0.05, 0) is 51.2 Å². The van der Waals surface area contributed by atoms with Crippen LogP contribution < -0.4 is 5.46 Å². The lowest BCUT2D eigenvalue weighted by molar-refractivity contribution is 0.00578. The Kier molecular flexibility index (Phi) is 2.67. The minimum atomic E-state index is -0.292. The summed E-state index contributed by atoms with van der Waals surface area (Å²) < 4.78 is 12.2. The molecule has 1 aromatic carbocycles. The summed E-state index contributed by atoms with van der Waals surface area (Å²) in [5.74, 6) is 0. The molecule has 1 aromatic rings. The van der Waals surface area contributed by atoms with Gasteiger partial charge in [0.1, 0.15) is 0 Å². The number of rotatable bonds is 1. The number of hydrogen-bond acceptors (Lipinski definition) is 3. The third kappa shape index (κ3) is 1.94. The predicted molar refractivity (Wildman–Crippen MR) is 78.1 cm³/mol. The number of benzene rings is 1. The summed E-state index contributed by atoms with van der Waals surface area (Å²) in [6, 6.07) is 6.38. The lowest BCUT2D eigenvalue weighted by Crippen LogP contribution is -2.41. The molecule has 0 aromatic heterocycles. The number of nitrogens with zero attached hydrogens (tertiary/aromatic N) is 1. The van der Waals surface area contributed by atoms with E-state index in [1.54, 1.807) is 0 Å². The molecule has 0 spiro atoms. The van der Waals surface area contributed by atoms with Crippen LogP contribution in [-0.2, 0) is 15.9 Å². The van der Waals surface area contributed by atoms with E-state index in [4.69, 9.17) is 9.31 Å². The van der Waals surface area contributed by atoms with Gasteiger partial charge in [0.25, 0.3) is 0 Å². The van der Waals surface area contributed by atoms with Crippen LogP contribution in [0.2, 0.25) is 0 Å². The highest BCUT2D eigenvalue weighted by Crippen LogP contribution is 2.36. The maximum absolute atomic E-state index is 6.08. The normalized spacial score (nSPS) is 23.4. The fourth-order valence-electron chi connectivity index (χ4n) is 2.48. The van der Waals surface area contributed by atoms with Crippen LogP contribution in [-0.4, -0.2) is 24.0 Å². The Morgan fingerprint density at radius 3 is 2.37 bits per heavy atom. The molecule has 0 bridgehead atoms. The van der Waals surface area contributed by atoms with E-state index in [-0.39, 0.29) is 18.3 Å². The van der Waals surface area contributed by atoms with Crippen molar-refractivity contribution in [3.8, 4) is 0 Å². The molecule has 0 saturated carbocycles. The summed E-state index contributed by atoms with van der Waals surface area (Å²) in [6.45, 7) is 11.2. The van der Waals surface area contributed by atoms with Crippen LogP contribution in [0.4, 0.5) is 0 Å². The molecule has 0 N–H and O–H groups in total. The first-order valence-corrected chi connectivity index (χ1v) is 6.80. The fourth-order valence-corrected chi connectivity index (χ4v) is 2.48. The summed E-state index contributed by atoms with van der Waals surface area (Å²) >= 11 is 0. The van der Waals surface area contributed by atoms with E-state index in [1.807, 2.05) is 0 Å². The van der Waals surface area contributed by atoms with E-state index in [9.17, 15) is 0 Å². The summed E-state index contributed by atoms with van der Waals surface area (Å²) in [7, 11) is -0.288. The minimum Gasteiger partial charge on any atom is -0.399 e. The van der Waals surface area contributed by atoms with Crippen molar-refractivity contribution in [2.45, 2.75) is 52.4 Å². The van der Waals surface area contributed by atoms with Crippen molar-refractivity contribution in [1.82, 2.24) is 0 Å². The third-order valence-electron chi connectivity index (χ3n) is 4.54. The first-order chi connectivity index (χ1) is 8.80. The summed E-state index contributed by atoms with van der Waals surface area (Å²) in [6.07, 6.45) is 0. The van der Waals surface area contributed by atoms with Crippen molar-refractivity contribution < 1.29 is 9.31 Å². The molecule has 0 amide bonds. The molecule has 100 valence electrons. The minimum absolute atomic E-state index is 0.288. The molecular formula is C15H20BNO2. The van der Waals surface area contributed by atoms with E-state index in [0.717, 1.165) is 17.7 Å². The van der Waals surface area contributed by atoms with Gasteiger partial charge in [0, 0.05) is 5.71 Å². The second-order valence-corrected chi connectivity index (χ2v) is 6.41. The molecule has 19 heavy (non-hydrogen) atoms. The van der Waals surface area contributed by atoms with Crippen LogP contribution in [0.15, 0.2) is 23.2 Å². The van der Waals surface area contributed by atoms with Crippen LogP contribution in [0.25, 0.3) is 0 Å². The Bertz CT molecular complexity index is 547. The Hall–Kier alpha value is -1.13. The van der Waals surface area contributed by atoms with Crippen molar-refractivity contribution >= 4 is 18.3 Å². The quantitative estimate of drug-likeness (QED) is 0.723. The Labute approximate surface area is 115 Å². The van der Waals surface area contributed by atoms with E-state index < -0.39 is 0 Å². The second kappa shape index (κ2) is 3.93. The molecule has 3 nitrogen and oxygen atoms in total. The number of aliphatic imine (C=N–C) groups is 1. The smallest absolute Gasteiger partial charge is 0.399 e. The number of fused-ring (bicyclic) bond motifs is 1. The van der Waals surface area contributed by atoms with Crippen LogP contribution >= 0.6 is 0 Å². The lowest BCUT2D eigenvalue weighted by atomic mass is 9.77. The first-order valence-electron chi connectivity index (χ1n) is 6.80. The molecule has 4 heteroatoms. The summed E-state index contributed by atoms with van der Waals surface area (Å²) in [5.41, 5.74) is 4.12. The maximum Gasteiger partial charge on any atom is 0.494 e. The van der Waals surface area contributed by atoms with Crippen LogP contribution in [0.1, 0.15) is 45.7 Å². The summed E-state index contributed by atoms with van der Waals surface area (Å²) in [4.78, 5) is 4.46. The van der Waals surface area contributed by atoms with Gasteiger partial charge in [-0.25, -0.2) is 0 Å². The van der Waals surface area contributed by atoms with Crippen molar-refractivity contribution in [2.24, 2.45) is 4.99 Å². The van der Waals surface area contributed by atoms with Crippen molar-refractivity contribution in [1.29, 1.82) is 0 Å². The van der Waals surface area contributed by atoms with E-state index in [2.05, 4.69) is 57.8 Å². The Morgan fingerprint density at radius 2 is 1.74 bits per heavy atom. The number of hydrogen-bond donors (Lipinski definition) is 0. The molecule has 0 aliphatic carbocycles. The molecule has 1 saturated heterocycles. The first kappa shape index (κ1) is 12.9. The Morgan fingerprint density at radius 1 is 1.11 bits per heavy atom. The molecule has 2 heterocycles. The van der Waals surface area contributed by atoms with Gasteiger partial charge in [0.2, 0.25) is 0 Å². The van der Waals surface area contributed by atoms with Gasteiger partial charge in [-0.15, -0.1) is 0 Å². The van der Waals surface area contributed by atoms with Crippen LogP contribution in [0.5, 0.6) is 0 Å². The molecule has 1 fully saturated rings. The molecule has 2 aliphatic heterocycles. The second-order valence-electron chi connectivity index (χ2n) is 6.41. The van der Waals surface area contributed by atoms with E-state index in [0.29, 0.717) is 0 Å².